The average molecular weight is 294 g/mol. The van der Waals surface area contributed by atoms with Gasteiger partial charge in [-0.1, -0.05) is 39.0 Å². The van der Waals surface area contributed by atoms with Gasteiger partial charge in [0, 0.05) is 5.41 Å². The molecule has 0 spiro atoms. The van der Waals surface area contributed by atoms with Crippen LogP contribution in [0, 0.1) is 34.5 Å². The second-order valence-corrected chi connectivity index (χ2v) is 8.41. The molecule has 2 nitrogen and oxygen atoms in total. The van der Waals surface area contributed by atoms with Crippen LogP contribution in [0.3, 0.4) is 0 Å². The zero-order chi connectivity index (χ0) is 15.5. The molecule has 2 radical (unpaired) electrons. The molecule has 2 saturated carbocycles. The van der Waals surface area contributed by atoms with E-state index in [1.807, 2.05) is 6.08 Å². The van der Waals surface area contributed by atoms with Crippen molar-refractivity contribution in [3.8, 4) is 0 Å². The van der Waals surface area contributed by atoms with Crippen LogP contribution in [0.5, 0.6) is 0 Å². The summed E-state index contributed by atoms with van der Waals surface area (Å²) in [6.07, 6.45) is 16.6. The van der Waals surface area contributed by atoms with Crippen molar-refractivity contribution < 1.29 is 0 Å². The summed E-state index contributed by atoms with van der Waals surface area (Å²) in [5.41, 5.74) is 2.64. The van der Waals surface area contributed by atoms with Gasteiger partial charge in [0.05, 0.1) is 5.71 Å². The predicted molar refractivity (Wildman–Crippen MR) is 90.2 cm³/mol. The first kappa shape index (κ1) is 14.3. The van der Waals surface area contributed by atoms with Gasteiger partial charge in [-0.2, -0.15) is 0 Å². The van der Waals surface area contributed by atoms with E-state index in [2.05, 4.69) is 50.2 Å². The van der Waals surface area contributed by atoms with E-state index in [4.69, 9.17) is 5.84 Å². The van der Waals surface area contributed by atoms with Crippen molar-refractivity contribution in [1.82, 2.24) is 5.84 Å². The van der Waals surface area contributed by atoms with Gasteiger partial charge in [-0.15, -0.1) is 5.10 Å². The number of allylic oxidation sites excluding steroid dienone is 6. The Morgan fingerprint density at radius 1 is 1.14 bits per heavy atom. The lowest BCUT2D eigenvalue weighted by Gasteiger charge is -2.54. The van der Waals surface area contributed by atoms with Crippen LogP contribution in [0.4, 0.5) is 0 Å². The minimum absolute atomic E-state index is 0.112. The van der Waals surface area contributed by atoms with Gasteiger partial charge in [-0.05, 0) is 78.3 Å². The van der Waals surface area contributed by atoms with Gasteiger partial charge >= 0.3 is 0 Å². The Bertz CT molecular complexity index is 611. The highest BCUT2D eigenvalue weighted by molar-refractivity contribution is 6.05. The van der Waals surface area contributed by atoms with Crippen LogP contribution < -0.4 is 5.84 Å². The summed E-state index contributed by atoms with van der Waals surface area (Å²) in [5.74, 6) is 12.2. The maximum atomic E-state index is 9.05. The highest BCUT2D eigenvalue weighted by atomic mass is 15.1. The minimum Gasteiger partial charge on any atom is -0.129 e. The molecule has 2 fully saturated rings. The van der Waals surface area contributed by atoms with Gasteiger partial charge in [0.1, 0.15) is 0 Å². The highest BCUT2D eigenvalue weighted by Crippen LogP contribution is 2.64. The fourth-order valence-electron chi connectivity index (χ4n) is 5.99. The van der Waals surface area contributed by atoms with Crippen molar-refractivity contribution in [2.24, 2.45) is 39.6 Å². The van der Waals surface area contributed by atoms with Crippen LogP contribution in [0.1, 0.15) is 46.5 Å². The van der Waals surface area contributed by atoms with Gasteiger partial charge in [0.15, 0.2) is 0 Å². The molecule has 22 heavy (non-hydrogen) atoms. The van der Waals surface area contributed by atoms with Crippen LogP contribution in [-0.4, -0.2) is 5.71 Å². The number of hydrogen-bond acceptors (Lipinski definition) is 1. The third kappa shape index (κ3) is 1.70. The first-order chi connectivity index (χ1) is 10.5. The van der Waals surface area contributed by atoms with Crippen LogP contribution >= 0.6 is 0 Å². The molecule has 0 saturated heterocycles. The number of hydrogen-bond donors (Lipinski definition) is 0. The first-order valence-corrected chi connectivity index (χ1v) is 8.81. The third-order valence-corrected chi connectivity index (χ3v) is 7.72. The molecule has 0 aromatic heterocycles. The Morgan fingerprint density at radius 2 is 1.95 bits per heavy atom. The van der Waals surface area contributed by atoms with Crippen LogP contribution in [-0.2, 0) is 0 Å². The maximum Gasteiger partial charge on any atom is 0.0875 e. The molecule has 4 aliphatic carbocycles. The summed E-state index contributed by atoms with van der Waals surface area (Å²) in [5, 5.41) is 3.37. The van der Waals surface area contributed by atoms with Crippen LogP contribution in [0.25, 0.3) is 0 Å². The van der Waals surface area contributed by atoms with Gasteiger partial charge in [0.2, 0.25) is 0 Å². The second-order valence-electron chi connectivity index (χ2n) is 8.41. The van der Waals surface area contributed by atoms with E-state index >= 15 is 0 Å². The fourth-order valence-corrected chi connectivity index (χ4v) is 5.99. The van der Waals surface area contributed by atoms with E-state index in [0.29, 0.717) is 23.0 Å². The fraction of sp³-hybridized carbons (Fsp3) is 0.650. The maximum absolute atomic E-state index is 9.05. The van der Waals surface area contributed by atoms with Gasteiger partial charge < -0.3 is 0 Å². The summed E-state index contributed by atoms with van der Waals surface area (Å²) >= 11 is 0. The topological polar surface area (TPSA) is 34.7 Å². The number of nitrogens with zero attached hydrogens (tertiary/aromatic N) is 2. The SMILES string of the molecule is C[C@@H]1CC[C@H]2[C@@H]3C=CC4=CC(=N[N])C=C[C@]4(C)[C@H]3CC[C@]12C. The largest absolute Gasteiger partial charge is 0.129 e. The summed E-state index contributed by atoms with van der Waals surface area (Å²) in [6.45, 7) is 7.39. The van der Waals surface area contributed by atoms with Crippen molar-refractivity contribution in [2.75, 3.05) is 0 Å². The van der Waals surface area contributed by atoms with Crippen molar-refractivity contribution in [3.05, 3.63) is 36.0 Å². The molecule has 0 heterocycles. The molecule has 2 heteroatoms. The molecule has 4 rings (SSSR count). The molecule has 116 valence electrons. The summed E-state index contributed by atoms with van der Waals surface area (Å²) in [7, 11) is 0. The molecule has 0 N–H and O–H groups in total. The van der Waals surface area contributed by atoms with Crippen molar-refractivity contribution in [1.29, 1.82) is 0 Å². The smallest absolute Gasteiger partial charge is 0.0875 e. The quantitative estimate of drug-likeness (QED) is 0.587. The summed E-state index contributed by atoms with van der Waals surface area (Å²) in [4.78, 5) is 0. The normalized spacial score (nSPS) is 51.2. The zero-order valence-electron chi connectivity index (χ0n) is 13.9. The lowest BCUT2D eigenvalue weighted by Crippen LogP contribution is -2.47. The number of rotatable bonds is 0. The molecule has 0 unspecified atom stereocenters. The molecular formula is C20H26N2. The monoisotopic (exact) mass is 294 g/mol. The Morgan fingerprint density at radius 3 is 2.73 bits per heavy atom. The van der Waals surface area contributed by atoms with Crippen molar-refractivity contribution in [2.45, 2.75) is 46.5 Å². The molecule has 0 aromatic carbocycles. The minimum atomic E-state index is 0.112. The van der Waals surface area contributed by atoms with Crippen molar-refractivity contribution >= 4 is 5.71 Å². The van der Waals surface area contributed by atoms with E-state index in [-0.39, 0.29) is 5.41 Å². The molecule has 0 amide bonds. The van der Waals surface area contributed by atoms with E-state index < -0.39 is 0 Å². The Labute approximate surface area is 134 Å². The highest BCUT2D eigenvalue weighted by Gasteiger charge is 2.56. The van der Waals surface area contributed by atoms with E-state index in [9.17, 15) is 0 Å². The predicted octanol–water partition coefficient (Wildman–Crippen LogP) is 4.56. The van der Waals surface area contributed by atoms with Gasteiger partial charge in [-0.3, -0.25) is 0 Å². The molecule has 0 aliphatic heterocycles. The van der Waals surface area contributed by atoms with Crippen molar-refractivity contribution in [3.63, 3.8) is 0 Å². The molecule has 4 aliphatic rings. The zero-order valence-corrected chi connectivity index (χ0v) is 13.9. The summed E-state index contributed by atoms with van der Waals surface area (Å²) in [6, 6.07) is 0. The van der Waals surface area contributed by atoms with E-state index in [1.54, 1.807) is 0 Å². The van der Waals surface area contributed by atoms with Crippen LogP contribution in [0.15, 0.2) is 41.1 Å². The molecule has 0 aromatic rings. The third-order valence-electron chi connectivity index (χ3n) is 7.72. The van der Waals surface area contributed by atoms with Gasteiger partial charge in [0.25, 0.3) is 0 Å². The van der Waals surface area contributed by atoms with E-state index in [0.717, 1.165) is 11.8 Å². The second kappa shape index (κ2) is 4.59. The Kier molecular flexibility index (Phi) is 2.99. The summed E-state index contributed by atoms with van der Waals surface area (Å²) < 4.78 is 0. The lowest BCUT2D eigenvalue weighted by molar-refractivity contribution is 0.00622. The number of fused-ring (bicyclic) bond motifs is 5. The lowest BCUT2D eigenvalue weighted by atomic mass is 9.50. The molecule has 0 bridgehead atoms. The molecular weight excluding hydrogens is 268 g/mol. The Balaban J connectivity index is 1.75. The van der Waals surface area contributed by atoms with E-state index in [1.165, 1.54) is 31.3 Å². The molecule has 6 atom stereocenters. The van der Waals surface area contributed by atoms with Gasteiger partial charge in [-0.25, -0.2) is 0 Å². The Hall–Kier alpha value is -1.31. The van der Waals surface area contributed by atoms with Crippen LogP contribution in [0.2, 0.25) is 0 Å². The average Bonchev–Trinajstić information content (AvgIpc) is 2.82. The first-order valence-electron chi connectivity index (χ1n) is 8.81. The standard InChI is InChI=1S/C20H26N2/c1-13-4-7-17-16-6-5-14-12-15(22-21)8-10-20(14,3)18(16)9-11-19(13,17)2/h5-6,8,10,12-13,16-18H,4,7,9,11H2,1-3H3/t13-,16+,17+,18+,19-,20+/m1/s1.